The van der Waals surface area contributed by atoms with Crippen molar-refractivity contribution in [3.8, 4) is 5.75 Å². The fourth-order valence-corrected chi connectivity index (χ4v) is 3.57. The molecule has 0 aliphatic carbocycles. The molecule has 2 heterocycles. The molecule has 1 amide bonds. The SMILES string of the molecule is COc1ccc(C2(C(=O)NCC(C)(O)Cc3ccco3)CCOCC2)cc1. The van der Waals surface area contributed by atoms with Gasteiger partial charge in [0.2, 0.25) is 5.91 Å². The fraction of sp³-hybridized carbons (Fsp3) is 0.476. The van der Waals surface area contributed by atoms with Crippen molar-refractivity contribution in [1.82, 2.24) is 5.32 Å². The molecule has 27 heavy (non-hydrogen) atoms. The first-order chi connectivity index (χ1) is 13.0. The van der Waals surface area contributed by atoms with Gasteiger partial charge in [-0.3, -0.25) is 4.79 Å². The maximum atomic E-state index is 13.2. The zero-order chi connectivity index (χ0) is 19.3. The van der Waals surface area contributed by atoms with E-state index < -0.39 is 11.0 Å². The molecule has 6 heteroatoms. The molecule has 1 aliphatic rings. The number of furan rings is 1. The summed E-state index contributed by atoms with van der Waals surface area (Å²) in [5.41, 5.74) is -0.819. The highest BCUT2D eigenvalue weighted by Crippen LogP contribution is 2.36. The minimum absolute atomic E-state index is 0.0873. The van der Waals surface area contributed by atoms with Crippen molar-refractivity contribution in [2.45, 2.75) is 37.2 Å². The molecule has 2 aromatic rings. The Kier molecular flexibility index (Phi) is 5.87. The molecule has 0 saturated carbocycles. The maximum absolute atomic E-state index is 13.2. The van der Waals surface area contributed by atoms with E-state index >= 15 is 0 Å². The summed E-state index contributed by atoms with van der Waals surface area (Å²) in [6.07, 6.45) is 3.11. The number of rotatable bonds is 7. The molecule has 6 nitrogen and oxygen atoms in total. The number of ether oxygens (including phenoxy) is 2. The lowest BCUT2D eigenvalue weighted by molar-refractivity contribution is -0.131. The first-order valence-electron chi connectivity index (χ1n) is 9.21. The lowest BCUT2D eigenvalue weighted by Gasteiger charge is -2.37. The van der Waals surface area contributed by atoms with Crippen molar-refractivity contribution in [1.29, 1.82) is 0 Å². The Hall–Kier alpha value is -2.31. The standard InChI is InChI=1S/C21H27NO5/c1-20(24,14-18-4-3-11-27-18)15-22-19(23)21(9-12-26-13-10-21)16-5-7-17(25-2)8-6-16/h3-8,11,24H,9-10,12-15H2,1-2H3,(H,22,23). The zero-order valence-electron chi connectivity index (χ0n) is 15.9. The van der Waals surface area contributed by atoms with Crippen molar-refractivity contribution in [2.24, 2.45) is 0 Å². The number of hydrogen-bond acceptors (Lipinski definition) is 5. The third-order valence-corrected chi connectivity index (χ3v) is 5.19. The van der Waals surface area contributed by atoms with Gasteiger partial charge in [0.05, 0.1) is 24.4 Å². The van der Waals surface area contributed by atoms with Crippen molar-refractivity contribution >= 4 is 5.91 Å². The van der Waals surface area contributed by atoms with Crippen molar-refractivity contribution < 1.29 is 23.8 Å². The summed E-state index contributed by atoms with van der Waals surface area (Å²) in [6, 6.07) is 11.2. The molecule has 1 atom stereocenters. The number of carbonyl (C=O) groups excluding carboxylic acids is 1. The zero-order valence-corrected chi connectivity index (χ0v) is 15.9. The van der Waals surface area contributed by atoms with Crippen LogP contribution >= 0.6 is 0 Å². The molecule has 1 aliphatic heterocycles. The predicted octanol–water partition coefficient (Wildman–Crippen LogP) is 2.45. The van der Waals surface area contributed by atoms with Gasteiger partial charge >= 0.3 is 0 Å². The lowest BCUT2D eigenvalue weighted by Crippen LogP contribution is -2.52. The van der Waals surface area contributed by atoms with Crippen molar-refractivity contribution in [2.75, 3.05) is 26.9 Å². The van der Waals surface area contributed by atoms with E-state index in [9.17, 15) is 9.90 Å². The van der Waals surface area contributed by atoms with E-state index in [0.717, 1.165) is 11.3 Å². The molecular formula is C21H27NO5. The van der Waals surface area contributed by atoms with Gasteiger partial charge in [-0.2, -0.15) is 0 Å². The summed E-state index contributed by atoms with van der Waals surface area (Å²) >= 11 is 0. The van der Waals surface area contributed by atoms with E-state index in [0.29, 0.717) is 38.2 Å². The molecular weight excluding hydrogens is 346 g/mol. The quantitative estimate of drug-likeness (QED) is 0.779. The van der Waals surface area contributed by atoms with Crippen LogP contribution in [-0.4, -0.2) is 43.5 Å². The number of nitrogens with one attached hydrogen (secondary N) is 1. The minimum Gasteiger partial charge on any atom is -0.497 e. The average molecular weight is 373 g/mol. The number of amides is 1. The molecule has 1 fully saturated rings. The largest absolute Gasteiger partial charge is 0.497 e. The summed E-state index contributed by atoms with van der Waals surface area (Å²) in [5.74, 6) is 1.35. The second-order valence-corrected chi connectivity index (χ2v) is 7.36. The van der Waals surface area contributed by atoms with Gasteiger partial charge in [0.25, 0.3) is 0 Å². The van der Waals surface area contributed by atoms with Gasteiger partial charge in [0.1, 0.15) is 11.5 Å². The van der Waals surface area contributed by atoms with Crippen LogP contribution in [0.25, 0.3) is 0 Å². The third kappa shape index (κ3) is 4.51. The van der Waals surface area contributed by atoms with Crippen LogP contribution in [0.1, 0.15) is 31.1 Å². The van der Waals surface area contributed by atoms with Crippen LogP contribution in [0.2, 0.25) is 0 Å². The Morgan fingerprint density at radius 3 is 2.56 bits per heavy atom. The summed E-state index contributed by atoms with van der Waals surface area (Å²) < 4.78 is 16.0. The first kappa shape index (κ1) is 19.5. The maximum Gasteiger partial charge on any atom is 0.230 e. The summed E-state index contributed by atoms with van der Waals surface area (Å²) in [7, 11) is 1.62. The van der Waals surface area contributed by atoms with Gasteiger partial charge in [-0.05, 0) is 49.6 Å². The molecule has 1 aromatic heterocycles. The predicted molar refractivity (Wildman–Crippen MR) is 101 cm³/mol. The van der Waals surface area contributed by atoms with Crippen LogP contribution in [0.4, 0.5) is 0 Å². The van der Waals surface area contributed by atoms with Crippen LogP contribution < -0.4 is 10.1 Å². The number of hydrogen-bond donors (Lipinski definition) is 2. The van der Waals surface area contributed by atoms with Crippen LogP contribution in [0, 0.1) is 0 Å². The average Bonchev–Trinajstić information content (AvgIpc) is 3.19. The number of carbonyl (C=O) groups is 1. The molecule has 0 radical (unpaired) electrons. The molecule has 1 saturated heterocycles. The second kappa shape index (κ2) is 8.15. The first-order valence-corrected chi connectivity index (χ1v) is 9.21. The Labute approximate surface area is 159 Å². The van der Waals surface area contributed by atoms with Crippen LogP contribution in [-0.2, 0) is 21.4 Å². The van der Waals surface area contributed by atoms with E-state index in [1.165, 1.54) is 0 Å². The topological polar surface area (TPSA) is 80.9 Å². The van der Waals surface area contributed by atoms with E-state index in [4.69, 9.17) is 13.9 Å². The number of benzene rings is 1. The molecule has 0 bridgehead atoms. The van der Waals surface area contributed by atoms with Gasteiger partial charge in [0.15, 0.2) is 0 Å². The molecule has 1 unspecified atom stereocenters. The van der Waals surface area contributed by atoms with E-state index in [-0.39, 0.29) is 12.5 Å². The van der Waals surface area contributed by atoms with Gasteiger partial charge in [0, 0.05) is 26.2 Å². The van der Waals surface area contributed by atoms with Gasteiger partial charge in [-0.15, -0.1) is 0 Å². The molecule has 0 spiro atoms. The Bertz CT molecular complexity index is 730. The van der Waals surface area contributed by atoms with Crippen molar-refractivity contribution in [3.63, 3.8) is 0 Å². The van der Waals surface area contributed by atoms with Crippen LogP contribution in [0.15, 0.2) is 47.1 Å². The Morgan fingerprint density at radius 2 is 1.96 bits per heavy atom. The van der Waals surface area contributed by atoms with Gasteiger partial charge < -0.3 is 24.3 Å². The molecule has 1 aromatic carbocycles. The Morgan fingerprint density at radius 1 is 1.26 bits per heavy atom. The monoisotopic (exact) mass is 373 g/mol. The highest BCUT2D eigenvalue weighted by molar-refractivity contribution is 5.88. The van der Waals surface area contributed by atoms with E-state index in [1.54, 1.807) is 26.4 Å². The lowest BCUT2D eigenvalue weighted by atomic mass is 9.73. The highest BCUT2D eigenvalue weighted by Gasteiger charge is 2.42. The number of methoxy groups -OCH3 is 1. The smallest absolute Gasteiger partial charge is 0.230 e. The highest BCUT2D eigenvalue weighted by atomic mass is 16.5. The van der Waals surface area contributed by atoms with Gasteiger partial charge in [-0.25, -0.2) is 0 Å². The fourth-order valence-electron chi connectivity index (χ4n) is 3.57. The van der Waals surface area contributed by atoms with Crippen molar-refractivity contribution in [3.05, 3.63) is 54.0 Å². The molecule has 146 valence electrons. The van der Waals surface area contributed by atoms with Crippen LogP contribution in [0.5, 0.6) is 5.75 Å². The third-order valence-electron chi connectivity index (χ3n) is 5.19. The molecule has 2 N–H and O–H groups in total. The molecule has 3 rings (SSSR count). The normalized spacial score (nSPS) is 18.5. The van der Waals surface area contributed by atoms with E-state index in [2.05, 4.69) is 5.32 Å². The summed E-state index contributed by atoms with van der Waals surface area (Å²) in [5, 5.41) is 13.6. The summed E-state index contributed by atoms with van der Waals surface area (Å²) in [6.45, 7) is 2.90. The van der Waals surface area contributed by atoms with Crippen LogP contribution in [0.3, 0.4) is 0 Å². The second-order valence-electron chi connectivity index (χ2n) is 7.36. The number of aliphatic hydroxyl groups is 1. The van der Waals surface area contributed by atoms with Gasteiger partial charge in [-0.1, -0.05) is 12.1 Å². The van der Waals surface area contributed by atoms with E-state index in [1.807, 2.05) is 30.3 Å². The minimum atomic E-state index is -1.10. The summed E-state index contributed by atoms with van der Waals surface area (Å²) in [4.78, 5) is 13.2. The Balaban J connectivity index is 1.73.